The van der Waals surface area contributed by atoms with Gasteiger partial charge in [0.15, 0.2) is 0 Å². The molecule has 2 atom stereocenters. The Morgan fingerprint density at radius 2 is 1.81 bits per heavy atom. The summed E-state index contributed by atoms with van der Waals surface area (Å²) in [5.41, 5.74) is 1.68. The van der Waals surface area contributed by atoms with E-state index in [9.17, 15) is 13.2 Å². The maximum Gasteiger partial charge on any atom is 0.386 e. The first-order chi connectivity index (χ1) is 12.5. The fourth-order valence-corrected chi connectivity index (χ4v) is 4.85. The van der Waals surface area contributed by atoms with Crippen molar-refractivity contribution in [2.45, 2.75) is 19.0 Å². The van der Waals surface area contributed by atoms with E-state index in [1.54, 1.807) is 55.5 Å². The smallest absolute Gasteiger partial charge is 0.386 e. The first kappa shape index (κ1) is 16.8. The van der Waals surface area contributed by atoms with Gasteiger partial charge in [-0.3, -0.25) is 0 Å². The van der Waals surface area contributed by atoms with Gasteiger partial charge < -0.3 is 8.92 Å². The van der Waals surface area contributed by atoms with Crippen LogP contribution in [0, 0.1) is 0 Å². The molecule has 0 aliphatic carbocycles. The first-order valence-corrected chi connectivity index (χ1v) is 9.65. The molecule has 0 fully saturated rings. The summed E-state index contributed by atoms with van der Waals surface area (Å²) in [6.45, 7) is 1.93. The van der Waals surface area contributed by atoms with Crippen molar-refractivity contribution in [2.24, 2.45) is 0 Å². The molecule has 0 spiro atoms. The highest BCUT2D eigenvalue weighted by molar-refractivity contribution is 7.84. The van der Waals surface area contributed by atoms with E-state index < -0.39 is 28.4 Å². The van der Waals surface area contributed by atoms with Crippen LogP contribution in [0.4, 0.5) is 0 Å². The number of hydrogen-bond acceptors (Lipinski definition) is 5. The zero-order chi connectivity index (χ0) is 18.3. The Morgan fingerprint density at radius 1 is 1.12 bits per heavy atom. The van der Waals surface area contributed by atoms with Crippen molar-refractivity contribution in [2.75, 3.05) is 6.61 Å². The number of carbonyl (C=O) groups is 1. The monoisotopic (exact) mass is 371 g/mol. The second-order valence-corrected chi connectivity index (χ2v) is 7.45. The van der Waals surface area contributed by atoms with E-state index in [0.29, 0.717) is 16.7 Å². The molecule has 0 radical (unpaired) electrons. The normalized spacial score (nSPS) is 23.3. The lowest BCUT2D eigenvalue weighted by Gasteiger charge is -2.34. The van der Waals surface area contributed by atoms with E-state index in [1.165, 1.54) is 4.31 Å². The second-order valence-electron chi connectivity index (χ2n) is 6.01. The van der Waals surface area contributed by atoms with Crippen LogP contribution in [0.5, 0.6) is 5.75 Å². The maximum atomic E-state index is 12.9. The average molecular weight is 371 g/mol. The van der Waals surface area contributed by atoms with Gasteiger partial charge in [-0.15, -0.1) is 4.31 Å². The summed E-state index contributed by atoms with van der Waals surface area (Å²) in [4.78, 5) is 12.5. The van der Waals surface area contributed by atoms with Gasteiger partial charge in [0.2, 0.25) is 0 Å². The number of benzene rings is 2. The predicted octanol–water partition coefficient (Wildman–Crippen LogP) is 2.91. The Bertz CT molecular complexity index is 984. The summed E-state index contributed by atoms with van der Waals surface area (Å²) in [6.07, 6.45) is 1.66. The molecule has 0 N–H and O–H groups in total. The second kappa shape index (κ2) is 6.26. The molecule has 2 unspecified atom stereocenters. The number of rotatable bonds is 3. The average Bonchev–Trinajstić information content (AvgIpc) is 3.04. The third-order valence-electron chi connectivity index (χ3n) is 4.48. The largest absolute Gasteiger partial charge is 0.463 e. The lowest BCUT2D eigenvalue weighted by atomic mass is 10.0. The molecule has 2 aromatic carbocycles. The quantitative estimate of drug-likeness (QED) is 0.776. The van der Waals surface area contributed by atoms with Gasteiger partial charge in [-0.25, -0.2) is 4.79 Å². The summed E-state index contributed by atoms with van der Waals surface area (Å²) in [7, 11) is -4.08. The van der Waals surface area contributed by atoms with Crippen molar-refractivity contribution >= 4 is 16.3 Å². The summed E-state index contributed by atoms with van der Waals surface area (Å²) < 4.78 is 37.4. The molecule has 0 amide bonds. The lowest BCUT2D eigenvalue weighted by molar-refractivity contribution is -0.138. The highest BCUT2D eigenvalue weighted by Gasteiger charge is 2.50. The topological polar surface area (TPSA) is 72.9 Å². The van der Waals surface area contributed by atoms with E-state index in [-0.39, 0.29) is 12.4 Å². The fraction of sp³-hybridized carbons (Fsp3) is 0.211. The number of para-hydroxylation sites is 1. The molecule has 134 valence electrons. The number of hydrogen-bond donors (Lipinski definition) is 0. The van der Waals surface area contributed by atoms with E-state index in [0.717, 1.165) is 0 Å². The Kier molecular flexibility index (Phi) is 4.05. The Labute approximate surface area is 151 Å². The van der Waals surface area contributed by atoms with Gasteiger partial charge in [0, 0.05) is 5.56 Å². The molecule has 0 saturated heterocycles. The van der Waals surface area contributed by atoms with Gasteiger partial charge in [-0.1, -0.05) is 48.5 Å². The highest BCUT2D eigenvalue weighted by Crippen LogP contribution is 2.50. The van der Waals surface area contributed by atoms with E-state index in [1.807, 2.05) is 12.1 Å². The van der Waals surface area contributed by atoms with Gasteiger partial charge in [0.05, 0.1) is 24.3 Å². The SMILES string of the molecule is CCOC(=O)C1=CC2c3ccccc3OS(=O)(=O)N2C1c1ccccc1. The van der Waals surface area contributed by atoms with E-state index in [2.05, 4.69) is 0 Å². The molecule has 0 saturated carbocycles. The van der Waals surface area contributed by atoms with Gasteiger partial charge in [0.1, 0.15) is 5.75 Å². The Morgan fingerprint density at radius 3 is 2.54 bits per heavy atom. The van der Waals surface area contributed by atoms with Crippen LogP contribution in [0.2, 0.25) is 0 Å². The minimum absolute atomic E-state index is 0.211. The van der Waals surface area contributed by atoms with Crippen molar-refractivity contribution < 1.29 is 22.1 Å². The standard InChI is InChI=1S/C19H17NO5S/c1-2-24-19(21)15-12-16-14-10-6-7-11-17(14)25-26(22,23)20(16)18(15)13-8-4-3-5-9-13/h3-12,16,18H,2H2,1H3. The lowest BCUT2D eigenvalue weighted by Crippen LogP contribution is -2.41. The van der Waals surface area contributed by atoms with E-state index in [4.69, 9.17) is 8.92 Å². The molecule has 2 heterocycles. The van der Waals surface area contributed by atoms with Gasteiger partial charge >= 0.3 is 16.3 Å². The van der Waals surface area contributed by atoms with Gasteiger partial charge in [0.25, 0.3) is 0 Å². The molecule has 2 aliphatic heterocycles. The van der Waals surface area contributed by atoms with Crippen LogP contribution in [0.3, 0.4) is 0 Å². The van der Waals surface area contributed by atoms with Crippen LogP contribution in [0.15, 0.2) is 66.2 Å². The third kappa shape index (κ3) is 2.60. The molecule has 0 bridgehead atoms. The molecule has 6 nitrogen and oxygen atoms in total. The summed E-state index contributed by atoms with van der Waals surface area (Å²) in [6, 6.07) is 14.5. The van der Waals surface area contributed by atoms with Crippen LogP contribution in [-0.4, -0.2) is 25.3 Å². The summed E-state index contributed by atoms with van der Waals surface area (Å²) >= 11 is 0. The van der Waals surface area contributed by atoms with Crippen molar-refractivity contribution in [3.05, 3.63) is 77.4 Å². The van der Waals surface area contributed by atoms with Crippen molar-refractivity contribution in [1.82, 2.24) is 4.31 Å². The molecule has 26 heavy (non-hydrogen) atoms. The number of nitrogens with zero attached hydrogens (tertiary/aromatic N) is 1. The number of fused-ring (bicyclic) bond motifs is 3. The summed E-state index contributed by atoms with van der Waals surface area (Å²) in [5.74, 6) is -0.245. The zero-order valence-corrected chi connectivity index (χ0v) is 14.8. The van der Waals surface area contributed by atoms with Crippen LogP contribution in [0.1, 0.15) is 30.1 Å². The Hall–Kier alpha value is -2.64. The molecule has 4 rings (SSSR count). The molecule has 7 heteroatoms. The molecule has 0 aromatic heterocycles. The number of esters is 1. The zero-order valence-electron chi connectivity index (χ0n) is 14.0. The number of ether oxygens (including phenoxy) is 1. The van der Waals surface area contributed by atoms with Gasteiger partial charge in [-0.05, 0) is 24.6 Å². The minimum Gasteiger partial charge on any atom is -0.463 e. The van der Waals surface area contributed by atoms with Crippen LogP contribution in [0.25, 0.3) is 0 Å². The minimum atomic E-state index is -4.08. The van der Waals surface area contributed by atoms with Crippen molar-refractivity contribution in [3.8, 4) is 5.75 Å². The van der Waals surface area contributed by atoms with Crippen molar-refractivity contribution in [1.29, 1.82) is 0 Å². The fourth-order valence-electron chi connectivity index (χ4n) is 3.44. The highest BCUT2D eigenvalue weighted by atomic mass is 32.2. The van der Waals surface area contributed by atoms with Gasteiger partial charge in [-0.2, -0.15) is 8.42 Å². The van der Waals surface area contributed by atoms with Crippen LogP contribution < -0.4 is 4.18 Å². The summed E-state index contributed by atoms with van der Waals surface area (Å²) in [5, 5.41) is 0. The molecular weight excluding hydrogens is 354 g/mol. The third-order valence-corrected chi connectivity index (χ3v) is 5.82. The predicted molar refractivity (Wildman–Crippen MR) is 94.5 cm³/mol. The first-order valence-electron chi connectivity index (χ1n) is 8.28. The molecular formula is C19H17NO5S. The van der Waals surface area contributed by atoms with E-state index >= 15 is 0 Å². The van der Waals surface area contributed by atoms with Crippen LogP contribution >= 0.6 is 0 Å². The number of carbonyl (C=O) groups excluding carboxylic acids is 1. The Balaban J connectivity index is 1.91. The van der Waals surface area contributed by atoms with Crippen molar-refractivity contribution in [3.63, 3.8) is 0 Å². The molecule has 2 aliphatic rings. The van der Waals surface area contributed by atoms with Crippen LogP contribution in [-0.2, 0) is 19.8 Å². The molecule has 2 aromatic rings. The maximum absolute atomic E-state index is 12.9.